The summed E-state index contributed by atoms with van der Waals surface area (Å²) in [4.78, 5) is 3.76. The second-order valence-electron chi connectivity index (χ2n) is 2.86. The molecule has 0 aliphatic heterocycles. The topological polar surface area (TPSA) is 42.4 Å². The van der Waals surface area contributed by atoms with Gasteiger partial charge in [0.15, 0.2) is 0 Å². The summed E-state index contributed by atoms with van der Waals surface area (Å²) in [7, 11) is 0. The molecule has 0 radical (unpaired) electrons. The third kappa shape index (κ3) is 4.64. The number of aliphatic hydroxyl groups is 1. The molecule has 6 heteroatoms. The molecular weight excluding hydrogens is 211 g/mol. The van der Waals surface area contributed by atoms with Crippen LogP contribution in [0.1, 0.15) is 12.1 Å². The Kier molecular flexibility index (Phi) is 3.90. The lowest BCUT2D eigenvalue weighted by atomic mass is 10.3. The van der Waals surface area contributed by atoms with Crippen LogP contribution >= 0.6 is 0 Å². The molecule has 15 heavy (non-hydrogen) atoms. The number of nitrogens with zero attached hydrogens (tertiary/aromatic N) is 1. The lowest BCUT2D eigenvalue weighted by molar-refractivity contribution is -0.139. The highest BCUT2D eigenvalue weighted by atomic mass is 19.4. The first-order chi connectivity index (χ1) is 7.01. The Balaban J connectivity index is 2.38. The molecule has 1 aromatic heterocycles. The van der Waals surface area contributed by atoms with Crippen molar-refractivity contribution in [1.82, 2.24) is 4.98 Å². The van der Waals surface area contributed by atoms with Gasteiger partial charge in [0.05, 0.1) is 31.5 Å². The predicted molar refractivity (Wildman–Crippen MR) is 46.3 cm³/mol. The van der Waals surface area contributed by atoms with Crippen molar-refractivity contribution in [3.8, 4) is 5.75 Å². The Morgan fingerprint density at radius 2 is 2.07 bits per heavy atom. The summed E-state index contributed by atoms with van der Waals surface area (Å²) in [5, 5.41) is 8.66. The summed E-state index contributed by atoms with van der Waals surface area (Å²) < 4.78 is 40.1. The number of pyridine rings is 1. The van der Waals surface area contributed by atoms with E-state index in [1.807, 2.05) is 0 Å². The lowest BCUT2D eigenvalue weighted by Crippen LogP contribution is -2.13. The molecule has 0 bridgehead atoms. The van der Waals surface area contributed by atoms with Gasteiger partial charge < -0.3 is 9.84 Å². The van der Waals surface area contributed by atoms with E-state index < -0.39 is 19.2 Å². The number of aromatic nitrogens is 1. The van der Waals surface area contributed by atoms with Gasteiger partial charge in [0.25, 0.3) is 0 Å². The van der Waals surface area contributed by atoms with Crippen molar-refractivity contribution >= 4 is 0 Å². The third-order valence-electron chi connectivity index (χ3n) is 1.61. The fourth-order valence-electron chi connectivity index (χ4n) is 0.874. The van der Waals surface area contributed by atoms with Gasteiger partial charge in [0.1, 0.15) is 5.75 Å². The van der Waals surface area contributed by atoms with Crippen LogP contribution in [0.3, 0.4) is 0 Å². The van der Waals surface area contributed by atoms with Gasteiger partial charge in [-0.25, -0.2) is 0 Å². The number of aliphatic hydroxyl groups excluding tert-OH is 1. The van der Waals surface area contributed by atoms with Gasteiger partial charge in [-0.1, -0.05) is 0 Å². The van der Waals surface area contributed by atoms with Crippen LogP contribution in [-0.2, 0) is 6.61 Å². The molecule has 0 aliphatic rings. The minimum absolute atomic E-state index is 0.206. The van der Waals surface area contributed by atoms with Gasteiger partial charge in [0.2, 0.25) is 0 Å². The highest BCUT2D eigenvalue weighted by molar-refractivity contribution is 5.19. The highest BCUT2D eigenvalue weighted by Crippen LogP contribution is 2.20. The zero-order valence-electron chi connectivity index (χ0n) is 7.79. The van der Waals surface area contributed by atoms with Crippen LogP contribution in [-0.4, -0.2) is 22.9 Å². The Bertz CT molecular complexity index is 297. The minimum Gasteiger partial charge on any atom is -0.492 e. The number of hydrogen-bond acceptors (Lipinski definition) is 3. The summed E-state index contributed by atoms with van der Waals surface area (Å²) in [6.07, 6.45) is -3.92. The molecule has 0 unspecified atom stereocenters. The smallest absolute Gasteiger partial charge is 0.392 e. The predicted octanol–water partition coefficient (Wildman–Crippen LogP) is 1.91. The number of ether oxygens (including phenoxy) is 1. The second-order valence-corrected chi connectivity index (χ2v) is 2.86. The summed E-state index contributed by atoms with van der Waals surface area (Å²) in [6.45, 7) is -0.632. The second kappa shape index (κ2) is 4.97. The van der Waals surface area contributed by atoms with Gasteiger partial charge in [-0.2, -0.15) is 13.2 Å². The van der Waals surface area contributed by atoms with Gasteiger partial charge in [0, 0.05) is 0 Å². The van der Waals surface area contributed by atoms with Crippen LogP contribution in [0.5, 0.6) is 5.75 Å². The standard InChI is InChI=1S/C9H10F3NO2/c10-9(11,12)3-4-15-8-2-1-7(6-14)13-5-8/h1-2,5,14H,3-4,6H2. The van der Waals surface area contributed by atoms with Gasteiger partial charge in [-0.3, -0.25) is 4.98 Å². The van der Waals surface area contributed by atoms with Crippen LogP contribution in [0.25, 0.3) is 0 Å². The molecule has 84 valence electrons. The van der Waals surface area contributed by atoms with E-state index in [9.17, 15) is 13.2 Å². The number of hydrogen-bond donors (Lipinski definition) is 1. The first kappa shape index (κ1) is 11.8. The van der Waals surface area contributed by atoms with Crippen molar-refractivity contribution in [3.63, 3.8) is 0 Å². The van der Waals surface area contributed by atoms with Gasteiger partial charge in [-0.05, 0) is 12.1 Å². The van der Waals surface area contributed by atoms with E-state index in [0.29, 0.717) is 5.69 Å². The van der Waals surface area contributed by atoms with Crippen molar-refractivity contribution < 1.29 is 23.0 Å². The maximum Gasteiger partial charge on any atom is 0.392 e. The molecule has 1 N–H and O–H groups in total. The summed E-state index contributed by atoms with van der Waals surface area (Å²) in [5.74, 6) is 0.261. The molecule has 0 fully saturated rings. The van der Waals surface area contributed by atoms with Crippen LogP contribution in [0.2, 0.25) is 0 Å². The lowest BCUT2D eigenvalue weighted by Gasteiger charge is -2.08. The zero-order chi connectivity index (χ0) is 11.3. The molecule has 0 aliphatic carbocycles. The average molecular weight is 221 g/mol. The van der Waals surface area contributed by atoms with Crippen LogP contribution in [0, 0.1) is 0 Å². The van der Waals surface area contributed by atoms with E-state index in [4.69, 9.17) is 9.84 Å². The molecule has 0 atom stereocenters. The van der Waals surface area contributed by atoms with Gasteiger partial charge >= 0.3 is 6.18 Å². The Hall–Kier alpha value is -1.30. The summed E-state index contributed by atoms with van der Waals surface area (Å²) in [6, 6.07) is 2.96. The Morgan fingerprint density at radius 1 is 1.33 bits per heavy atom. The van der Waals surface area contributed by atoms with E-state index in [1.54, 1.807) is 0 Å². The van der Waals surface area contributed by atoms with E-state index in [1.165, 1.54) is 18.3 Å². The van der Waals surface area contributed by atoms with Crippen molar-refractivity contribution in [2.45, 2.75) is 19.2 Å². The fourth-order valence-corrected chi connectivity index (χ4v) is 0.874. The van der Waals surface area contributed by atoms with Crippen LogP contribution in [0.4, 0.5) is 13.2 Å². The number of rotatable bonds is 4. The number of alkyl halides is 3. The molecule has 1 heterocycles. The number of halogens is 3. The van der Waals surface area contributed by atoms with E-state index >= 15 is 0 Å². The van der Waals surface area contributed by atoms with Crippen LogP contribution in [0.15, 0.2) is 18.3 Å². The van der Waals surface area contributed by atoms with Crippen molar-refractivity contribution in [1.29, 1.82) is 0 Å². The quantitative estimate of drug-likeness (QED) is 0.844. The molecule has 0 saturated heterocycles. The molecule has 0 amide bonds. The third-order valence-corrected chi connectivity index (χ3v) is 1.61. The highest BCUT2D eigenvalue weighted by Gasteiger charge is 2.26. The first-order valence-corrected chi connectivity index (χ1v) is 4.26. The molecule has 0 aromatic carbocycles. The SMILES string of the molecule is OCc1ccc(OCCC(F)(F)F)cn1. The minimum atomic E-state index is -4.21. The fraction of sp³-hybridized carbons (Fsp3) is 0.444. The summed E-state index contributed by atoms with van der Waals surface area (Å²) in [5.41, 5.74) is 0.443. The Morgan fingerprint density at radius 3 is 2.53 bits per heavy atom. The van der Waals surface area contributed by atoms with E-state index in [2.05, 4.69) is 4.98 Å². The maximum absolute atomic E-state index is 11.7. The maximum atomic E-state index is 11.7. The molecule has 0 saturated carbocycles. The van der Waals surface area contributed by atoms with Crippen molar-refractivity contribution in [2.24, 2.45) is 0 Å². The monoisotopic (exact) mass is 221 g/mol. The van der Waals surface area contributed by atoms with Crippen LogP contribution < -0.4 is 4.74 Å². The Labute approximate surface area is 84.5 Å². The van der Waals surface area contributed by atoms with E-state index in [0.717, 1.165) is 0 Å². The largest absolute Gasteiger partial charge is 0.492 e. The normalized spacial score (nSPS) is 11.5. The first-order valence-electron chi connectivity index (χ1n) is 4.26. The summed E-state index contributed by atoms with van der Waals surface area (Å²) >= 11 is 0. The molecule has 1 aromatic rings. The molecule has 3 nitrogen and oxygen atoms in total. The molecule has 0 spiro atoms. The van der Waals surface area contributed by atoms with E-state index in [-0.39, 0.29) is 12.4 Å². The average Bonchev–Trinajstić information content (AvgIpc) is 2.17. The molecule has 1 rings (SSSR count). The zero-order valence-corrected chi connectivity index (χ0v) is 7.79. The van der Waals surface area contributed by atoms with Crippen molar-refractivity contribution in [3.05, 3.63) is 24.0 Å². The molecular formula is C9H10F3NO2. The van der Waals surface area contributed by atoms with Gasteiger partial charge in [-0.15, -0.1) is 0 Å². The van der Waals surface area contributed by atoms with Crippen molar-refractivity contribution in [2.75, 3.05) is 6.61 Å².